The number of hydrogen-bond acceptors (Lipinski definition) is 4. The number of methoxy groups -OCH3 is 1. The minimum absolute atomic E-state index is 0.338. The Balaban J connectivity index is 2.18. The largest absolute Gasteiger partial charge is 0.478 e. The van der Waals surface area contributed by atoms with E-state index in [0.29, 0.717) is 22.2 Å². The standard InChI is InChI=1S/C15H13Cl2NO3/c1-20-15(19)14(5-10-3-2-4-18-9-10)21-13-7-11(16)6-12(17)8-13/h2-4,6-9,14H,5H2,1H3. The maximum atomic E-state index is 11.9. The summed E-state index contributed by atoms with van der Waals surface area (Å²) in [6.07, 6.45) is 2.87. The summed E-state index contributed by atoms with van der Waals surface area (Å²) >= 11 is 11.8. The molecule has 6 heteroatoms. The van der Waals surface area contributed by atoms with Crippen molar-refractivity contribution < 1.29 is 14.3 Å². The normalized spacial score (nSPS) is 11.8. The number of halogens is 2. The van der Waals surface area contributed by atoms with Gasteiger partial charge in [-0.05, 0) is 29.8 Å². The van der Waals surface area contributed by atoms with Crippen LogP contribution in [0.4, 0.5) is 0 Å². The Morgan fingerprint density at radius 2 is 2.00 bits per heavy atom. The lowest BCUT2D eigenvalue weighted by molar-refractivity contribution is -0.148. The number of esters is 1. The molecule has 1 aromatic heterocycles. The van der Waals surface area contributed by atoms with Crippen molar-refractivity contribution in [2.24, 2.45) is 0 Å². The van der Waals surface area contributed by atoms with Crippen LogP contribution < -0.4 is 4.74 Å². The maximum absolute atomic E-state index is 11.9. The van der Waals surface area contributed by atoms with Gasteiger partial charge in [0.2, 0.25) is 0 Å². The molecule has 1 atom stereocenters. The Kier molecular flexibility index (Phi) is 5.42. The van der Waals surface area contributed by atoms with Crippen molar-refractivity contribution in [2.75, 3.05) is 7.11 Å². The van der Waals surface area contributed by atoms with Crippen LogP contribution in [0.3, 0.4) is 0 Å². The molecule has 0 bridgehead atoms. The first-order valence-corrected chi connectivity index (χ1v) is 6.93. The predicted octanol–water partition coefficient (Wildman–Crippen LogP) is 3.55. The van der Waals surface area contributed by atoms with Crippen LogP contribution in [0.15, 0.2) is 42.7 Å². The lowest BCUT2D eigenvalue weighted by Gasteiger charge is -2.17. The lowest BCUT2D eigenvalue weighted by Crippen LogP contribution is -2.30. The average Bonchev–Trinajstić information content (AvgIpc) is 2.46. The van der Waals surface area contributed by atoms with E-state index in [-0.39, 0.29) is 0 Å². The fourth-order valence-electron chi connectivity index (χ4n) is 1.80. The third-order valence-corrected chi connectivity index (χ3v) is 3.16. The number of rotatable bonds is 5. The quantitative estimate of drug-likeness (QED) is 0.789. The highest BCUT2D eigenvalue weighted by Crippen LogP contribution is 2.25. The van der Waals surface area contributed by atoms with Crippen LogP contribution in [0.5, 0.6) is 5.75 Å². The van der Waals surface area contributed by atoms with E-state index < -0.39 is 12.1 Å². The summed E-state index contributed by atoms with van der Waals surface area (Å²) in [5.74, 6) is -0.0678. The van der Waals surface area contributed by atoms with E-state index >= 15 is 0 Å². The summed E-state index contributed by atoms with van der Waals surface area (Å²) < 4.78 is 10.4. The first kappa shape index (κ1) is 15.6. The number of carbonyl (C=O) groups is 1. The first-order valence-electron chi connectivity index (χ1n) is 6.18. The minimum atomic E-state index is -0.797. The number of hydrogen-bond donors (Lipinski definition) is 0. The number of carbonyl (C=O) groups excluding carboxylic acids is 1. The third-order valence-electron chi connectivity index (χ3n) is 2.72. The van der Waals surface area contributed by atoms with E-state index in [2.05, 4.69) is 4.98 Å². The van der Waals surface area contributed by atoms with Gasteiger partial charge in [0.05, 0.1) is 7.11 Å². The molecule has 110 valence electrons. The molecular formula is C15H13Cl2NO3. The van der Waals surface area contributed by atoms with Crippen molar-refractivity contribution in [1.29, 1.82) is 0 Å². The molecule has 4 nitrogen and oxygen atoms in total. The van der Waals surface area contributed by atoms with Crippen LogP contribution in [-0.4, -0.2) is 24.2 Å². The summed E-state index contributed by atoms with van der Waals surface area (Å²) in [5.41, 5.74) is 0.862. The smallest absolute Gasteiger partial charge is 0.347 e. The van der Waals surface area contributed by atoms with Crippen molar-refractivity contribution in [3.8, 4) is 5.75 Å². The van der Waals surface area contributed by atoms with Crippen LogP contribution in [-0.2, 0) is 16.0 Å². The van der Waals surface area contributed by atoms with Crippen molar-refractivity contribution in [3.05, 3.63) is 58.3 Å². The van der Waals surface area contributed by atoms with Crippen molar-refractivity contribution in [2.45, 2.75) is 12.5 Å². The van der Waals surface area contributed by atoms with Gasteiger partial charge in [-0.2, -0.15) is 0 Å². The van der Waals surface area contributed by atoms with Gasteiger partial charge in [0, 0.05) is 28.9 Å². The van der Waals surface area contributed by atoms with E-state index in [0.717, 1.165) is 5.56 Å². The molecule has 1 heterocycles. The monoisotopic (exact) mass is 325 g/mol. The molecule has 0 saturated carbocycles. The summed E-state index contributed by atoms with van der Waals surface area (Å²) in [6, 6.07) is 8.42. The predicted molar refractivity (Wildman–Crippen MR) is 80.8 cm³/mol. The second-order valence-corrected chi connectivity index (χ2v) is 5.17. The van der Waals surface area contributed by atoms with Crippen LogP contribution in [0, 0.1) is 0 Å². The highest BCUT2D eigenvalue weighted by molar-refractivity contribution is 6.34. The molecule has 2 aromatic rings. The molecule has 1 unspecified atom stereocenters. The van der Waals surface area contributed by atoms with Crippen LogP contribution in [0.25, 0.3) is 0 Å². The first-order chi connectivity index (χ1) is 10.1. The zero-order chi connectivity index (χ0) is 15.2. The highest BCUT2D eigenvalue weighted by Gasteiger charge is 2.22. The molecule has 0 fully saturated rings. The van der Waals surface area contributed by atoms with E-state index in [4.69, 9.17) is 32.7 Å². The Morgan fingerprint density at radius 1 is 1.29 bits per heavy atom. The van der Waals surface area contributed by atoms with Gasteiger partial charge in [-0.15, -0.1) is 0 Å². The summed E-state index contributed by atoms with van der Waals surface area (Å²) in [7, 11) is 1.31. The number of benzene rings is 1. The van der Waals surface area contributed by atoms with Crippen LogP contribution in [0.1, 0.15) is 5.56 Å². The molecular weight excluding hydrogens is 313 g/mol. The highest BCUT2D eigenvalue weighted by atomic mass is 35.5. The molecule has 21 heavy (non-hydrogen) atoms. The van der Waals surface area contributed by atoms with Gasteiger partial charge in [0.1, 0.15) is 5.75 Å². The third kappa shape index (κ3) is 4.62. The zero-order valence-electron chi connectivity index (χ0n) is 11.3. The molecule has 0 radical (unpaired) electrons. The molecule has 0 amide bonds. The van der Waals surface area contributed by atoms with E-state index in [9.17, 15) is 4.79 Å². The Bertz CT molecular complexity index is 599. The summed E-state index contributed by atoms with van der Waals surface area (Å²) in [4.78, 5) is 15.9. The van der Waals surface area contributed by atoms with Crippen LogP contribution >= 0.6 is 23.2 Å². The maximum Gasteiger partial charge on any atom is 0.347 e. The second kappa shape index (κ2) is 7.29. The van der Waals surface area contributed by atoms with Gasteiger partial charge in [0.15, 0.2) is 6.10 Å². The molecule has 0 spiro atoms. The molecule has 0 saturated heterocycles. The van der Waals surface area contributed by atoms with Gasteiger partial charge in [0.25, 0.3) is 0 Å². The zero-order valence-corrected chi connectivity index (χ0v) is 12.8. The second-order valence-electron chi connectivity index (χ2n) is 4.30. The fraction of sp³-hybridized carbons (Fsp3) is 0.200. The van der Waals surface area contributed by atoms with Gasteiger partial charge < -0.3 is 9.47 Å². The van der Waals surface area contributed by atoms with Crippen molar-refractivity contribution in [1.82, 2.24) is 4.98 Å². The Hall–Kier alpha value is -1.78. The molecule has 0 N–H and O–H groups in total. The minimum Gasteiger partial charge on any atom is -0.478 e. The molecule has 0 aliphatic carbocycles. The van der Waals surface area contributed by atoms with Crippen molar-refractivity contribution >= 4 is 29.2 Å². The van der Waals surface area contributed by atoms with Gasteiger partial charge in [-0.25, -0.2) is 4.79 Å². The van der Waals surface area contributed by atoms with Crippen LogP contribution in [0.2, 0.25) is 10.0 Å². The Labute approximate surface area is 132 Å². The fourth-order valence-corrected chi connectivity index (χ4v) is 2.30. The number of aromatic nitrogens is 1. The van der Waals surface area contributed by atoms with Crippen molar-refractivity contribution in [3.63, 3.8) is 0 Å². The molecule has 2 rings (SSSR count). The Morgan fingerprint density at radius 3 is 2.57 bits per heavy atom. The molecule has 0 aliphatic heterocycles. The van der Waals surface area contributed by atoms with Gasteiger partial charge in [-0.3, -0.25) is 4.98 Å². The number of nitrogens with zero attached hydrogens (tertiary/aromatic N) is 1. The number of pyridine rings is 1. The molecule has 1 aromatic carbocycles. The topological polar surface area (TPSA) is 48.4 Å². The SMILES string of the molecule is COC(=O)C(Cc1cccnc1)Oc1cc(Cl)cc(Cl)c1. The molecule has 0 aliphatic rings. The van der Waals surface area contributed by atoms with E-state index in [1.807, 2.05) is 6.07 Å². The van der Waals surface area contributed by atoms with Gasteiger partial charge in [-0.1, -0.05) is 29.3 Å². The summed E-state index contributed by atoms with van der Waals surface area (Å²) in [5, 5.41) is 0.866. The average molecular weight is 326 g/mol. The van der Waals surface area contributed by atoms with E-state index in [1.165, 1.54) is 7.11 Å². The van der Waals surface area contributed by atoms with Gasteiger partial charge >= 0.3 is 5.97 Å². The summed E-state index contributed by atoms with van der Waals surface area (Å²) in [6.45, 7) is 0. The number of ether oxygens (including phenoxy) is 2. The van der Waals surface area contributed by atoms with E-state index in [1.54, 1.807) is 36.7 Å². The lowest BCUT2D eigenvalue weighted by atomic mass is 10.1.